The standard InChI is InChI=1S/C22H38Cl3NO4P2/c1-8-28-31(9-2)32(7)13-16(14-10-20(3,4)27-12-14)15-11-21(5,6)30-17(15)18(32)29-19(26)22(23,24)25/h14-18,26H,7-13H2,1-6H3. The maximum absolute atomic E-state index is 8.34. The zero-order valence-corrected chi connectivity index (χ0v) is 24.1. The van der Waals surface area contributed by atoms with E-state index in [9.17, 15) is 0 Å². The highest BCUT2D eigenvalue weighted by Gasteiger charge is 2.60. The van der Waals surface area contributed by atoms with Gasteiger partial charge in [-0.2, -0.15) is 0 Å². The molecule has 3 heterocycles. The van der Waals surface area contributed by atoms with Gasteiger partial charge in [-0.15, -0.1) is 0 Å². The Morgan fingerprint density at radius 2 is 1.81 bits per heavy atom. The molecular formula is C22H38Cl3NO4P2. The summed E-state index contributed by atoms with van der Waals surface area (Å²) in [4.78, 5) is 0. The lowest BCUT2D eigenvalue weighted by molar-refractivity contribution is -0.0616. The number of rotatable bonds is 6. The fraction of sp³-hybridized carbons (Fsp3) is 0.909. The first-order valence-corrected chi connectivity index (χ1v) is 16.9. The lowest BCUT2D eigenvalue weighted by Crippen LogP contribution is -2.47. The van der Waals surface area contributed by atoms with E-state index in [0.29, 0.717) is 18.4 Å². The first-order valence-electron chi connectivity index (χ1n) is 11.4. The van der Waals surface area contributed by atoms with E-state index < -0.39 is 24.0 Å². The van der Waals surface area contributed by atoms with Crippen LogP contribution in [0.25, 0.3) is 0 Å². The molecule has 0 aromatic heterocycles. The average molecular weight is 549 g/mol. The fourth-order valence-corrected chi connectivity index (χ4v) is 15.4. The number of halogens is 3. The fourth-order valence-electron chi connectivity index (χ4n) is 5.79. The molecule has 3 saturated heterocycles. The number of hydrogen-bond acceptors (Lipinski definition) is 5. The van der Waals surface area contributed by atoms with Crippen molar-refractivity contribution in [2.45, 2.75) is 81.3 Å². The molecule has 32 heavy (non-hydrogen) atoms. The minimum Gasteiger partial charge on any atom is -0.467 e. The highest BCUT2D eigenvalue weighted by atomic mass is 35.6. The number of nitrogens with one attached hydrogen (secondary N) is 1. The molecule has 3 rings (SSSR count). The predicted octanol–water partition coefficient (Wildman–Crippen LogP) is 7.12. The van der Waals surface area contributed by atoms with Crippen molar-refractivity contribution in [1.82, 2.24) is 0 Å². The summed E-state index contributed by atoms with van der Waals surface area (Å²) in [5.41, 5.74) is -0.403. The normalized spacial score (nSPS) is 39.5. The van der Waals surface area contributed by atoms with Gasteiger partial charge < -0.3 is 18.7 Å². The summed E-state index contributed by atoms with van der Waals surface area (Å²) >= 11 is 18.1. The summed E-state index contributed by atoms with van der Waals surface area (Å²) in [5.74, 6) is 0.361. The van der Waals surface area contributed by atoms with Crippen LogP contribution in [0.1, 0.15) is 54.4 Å². The smallest absolute Gasteiger partial charge is 0.265 e. The van der Waals surface area contributed by atoms with Crippen LogP contribution in [0, 0.1) is 23.2 Å². The Balaban J connectivity index is 2.04. The summed E-state index contributed by atoms with van der Waals surface area (Å²) in [5, 5.41) is 8.34. The van der Waals surface area contributed by atoms with E-state index in [0.717, 1.165) is 31.8 Å². The van der Waals surface area contributed by atoms with Gasteiger partial charge in [-0.25, -0.2) is 0 Å². The molecule has 0 aromatic carbocycles. The minimum absolute atomic E-state index is 0.113. The van der Waals surface area contributed by atoms with Crippen LogP contribution >= 0.6 is 49.2 Å². The first kappa shape index (κ1) is 27.5. The number of hydrogen-bond donors (Lipinski definition) is 1. The molecule has 5 nitrogen and oxygen atoms in total. The van der Waals surface area contributed by atoms with Crippen molar-refractivity contribution in [3.63, 3.8) is 0 Å². The predicted molar refractivity (Wildman–Crippen MR) is 140 cm³/mol. The molecule has 186 valence electrons. The van der Waals surface area contributed by atoms with Crippen LogP contribution in [0.15, 0.2) is 0 Å². The largest absolute Gasteiger partial charge is 0.467 e. The van der Waals surface area contributed by atoms with Crippen LogP contribution in [-0.2, 0) is 18.7 Å². The van der Waals surface area contributed by atoms with Crippen molar-refractivity contribution in [1.29, 1.82) is 5.41 Å². The molecule has 7 atom stereocenters. The molecular weight excluding hydrogens is 511 g/mol. The van der Waals surface area contributed by atoms with Gasteiger partial charge in [0, 0.05) is 6.61 Å². The Hall–Kier alpha value is 0.950. The summed E-state index contributed by atoms with van der Waals surface area (Å²) in [6.45, 7) is 12.0. The van der Waals surface area contributed by atoms with Crippen molar-refractivity contribution in [3.8, 4) is 0 Å². The van der Waals surface area contributed by atoms with E-state index in [2.05, 4.69) is 34.6 Å². The highest BCUT2D eigenvalue weighted by Crippen LogP contribution is 2.82. The van der Waals surface area contributed by atoms with Crippen LogP contribution in [-0.4, -0.2) is 64.7 Å². The third-order valence-corrected chi connectivity index (χ3v) is 16.9. The number of alkyl halides is 3. The molecule has 0 spiro atoms. The van der Waals surface area contributed by atoms with Gasteiger partial charge in [0.1, 0.15) is 11.9 Å². The zero-order chi connectivity index (χ0) is 24.1. The minimum atomic E-state index is -2.13. The monoisotopic (exact) mass is 547 g/mol. The van der Waals surface area contributed by atoms with Gasteiger partial charge in [-0.1, -0.05) is 48.0 Å². The second kappa shape index (κ2) is 9.78. The van der Waals surface area contributed by atoms with E-state index in [1.54, 1.807) is 0 Å². The average Bonchev–Trinajstić information content (AvgIpc) is 3.18. The molecule has 7 unspecified atom stereocenters. The van der Waals surface area contributed by atoms with Crippen LogP contribution in [0.4, 0.5) is 0 Å². The third kappa shape index (κ3) is 5.67. The van der Waals surface area contributed by atoms with Crippen molar-refractivity contribution >= 4 is 61.4 Å². The van der Waals surface area contributed by atoms with Crippen LogP contribution in [0.3, 0.4) is 0 Å². The van der Waals surface area contributed by atoms with Crippen LogP contribution in [0.5, 0.6) is 0 Å². The van der Waals surface area contributed by atoms with Gasteiger partial charge in [-0.3, -0.25) is 5.41 Å². The molecule has 0 aliphatic carbocycles. The Morgan fingerprint density at radius 1 is 1.16 bits per heavy atom. The molecule has 1 N–H and O–H groups in total. The summed E-state index contributed by atoms with van der Waals surface area (Å²) in [6, 6.07) is 0. The Kier molecular flexibility index (Phi) is 8.41. The van der Waals surface area contributed by atoms with Gasteiger partial charge in [0.25, 0.3) is 3.79 Å². The van der Waals surface area contributed by atoms with Crippen LogP contribution < -0.4 is 0 Å². The first-order chi connectivity index (χ1) is 14.6. The quantitative estimate of drug-likeness (QED) is 0.166. The molecule has 0 aromatic rings. The van der Waals surface area contributed by atoms with Crippen molar-refractivity contribution in [2.24, 2.45) is 17.8 Å². The van der Waals surface area contributed by atoms with E-state index in [4.69, 9.17) is 65.2 Å². The second-order valence-corrected chi connectivity index (χ2v) is 21.0. The van der Waals surface area contributed by atoms with Crippen molar-refractivity contribution in [3.05, 3.63) is 0 Å². The lowest BCUT2D eigenvalue weighted by Gasteiger charge is -2.50. The number of ether oxygens (including phenoxy) is 3. The molecule has 3 aliphatic rings. The van der Waals surface area contributed by atoms with Crippen molar-refractivity contribution < 1.29 is 18.7 Å². The van der Waals surface area contributed by atoms with E-state index in [1.807, 2.05) is 6.92 Å². The van der Waals surface area contributed by atoms with Crippen molar-refractivity contribution in [2.75, 3.05) is 25.5 Å². The maximum Gasteiger partial charge on any atom is 0.265 e. The van der Waals surface area contributed by atoms with Gasteiger partial charge >= 0.3 is 0 Å². The lowest BCUT2D eigenvalue weighted by atomic mass is 9.75. The molecule has 3 aliphatic heterocycles. The molecule has 0 amide bonds. The topological polar surface area (TPSA) is 60.8 Å². The van der Waals surface area contributed by atoms with E-state index >= 15 is 0 Å². The third-order valence-electron chi connectivity index (χ3n) is 6.97. The Bertz CT molecular complexity index is 758. The SMILES string of the molecule is C=P1(P(CC)OCC)CC(C2COC(C)(C)C2)C2CC(C)(C)OC2C1OC(=N)C(Cl)(Cl)Cl. The summed E-state index contributed by atoms with van der Waals surface area (Å²) in [7, 11) is -0.856. The molecule has 0 radical (unpaired) electrons. The molecule has 0 saturated carbocycles. The molecule has 3 fully saturated rings. The van der Waals surface area contributed by atoms with Gasteiger partial charge in [-0.05, 0) is 84.1 Å². The van der Waals surface area contributed by atoms with E-state index in [-0.39, 0.29) is 29.1 Å². The Morgan fingerprint density at radius 3 is 2.31 bits per heavy atom. The van der Waals surface area contributed by atoms with Crippen LogP contribution in [0.2, 0.25) is 0 Å². The molecule has 10 heteroatoms. The van der Waals surface area contributed by atoms with E-state index in [1.165, 1.54) is 0 Å². The van der Waals surface area contributed by atoms with Gasteiger partial charge in [0.2, 0.25) is 5.90 Å². The number of fused-ring (bicyclic) bond motifs is 1. The Labute approximate surface area is 209 Å². The summed E-state index contributed by atoms with van der Waals surface area (Å²) in [6.07, 6.45) is 8.39. The zero-order valence-electron chi connectivity index (χ0n) is 20.0. The van der Waals surface area contributed by atoms with Gasteiger partial charge in [0.15, 0.2) is 0 Å². The summed E-state index contributed by atoms with van der Waals surface area (Å²) < 4.78 is 23.4. The second-order valence-electron chi connectivity index (χ2n) is 10.5. The molecule has 0 bridgehead atoms. The highest BCUT2D eigenvalue weighted by molar-refractivity contribution is 8.35. The maximum atomic E-state index is 8.34. The van der Waals surface area contributed by atoms with Gasteiger partial charge in [0.05, 0.1) is 25.6 Å².